The average Bonchev–Trinajstić information content (AvgIpc) is 2.99. The van der Waals surface area contributed by atoms with Gasteiger partial charge in [0.1, 0.15) is 5.82 Å². The normalized spacial score (nSPS) is 15.9. The Morgan fingerprint density at radius 1 is 1.10 bits per heavy atom. The highest BCUT2D eigenvalue weighted by atomic mass is 19.4. The van der Waals surface area contributed by atoms with Crippen LogP contribution in [-0.2, 0) is 17.5 Å². The highest BCUT2D eigenvalue weighted by Crippen LogP contribution is 2.36. The van der Waals surface area contributed by atoms with Crippen molar-refractivity contribution in [2.24, 2.45) is 0 Å². The van der Waals surface area contributed by atoms with Gasteiger partial charge >= 0.3 is 12.2 Å². The third-order valence-corrected chi connectivity index (χ3v) is 7.39. The number of carbonyl (C=O) groups excluding carboxylic acids is 2. The molecule has 0 unspecified atom stereocenters. The second-order valence-electron chi connectivity index (χ2n) is 10.3. The van der Waals surface area contributed by atoms with E-state index in [1.165, 1.54) is 12.1 Å². The Hall–Kier alpha value is -4.16. The number of hydrogen-bond donors (Lipinski definition) is 1. The minimum absolute atomic E-state index is 0.120. The van der Waals surface area contributed by atoms with Gasteiger partial charge < -0.3 is 10.1 Å². The lowest BCUT2D eigenvalue weighted by Crippen LogP contribution is -2.50. The van der Waals surface area contributed by atoms with Crippen molar-refractivity contribution in [2.75, 3.05) is 60.0 Å². The third kappa shape index (κ3) is 6.04. The second-order valence-corrected chi connectivity index (χ2v) is 10.3. The molecular formula is C30H33F3N6O3. The van der Waals surface area contributed by atoms with Gasteiger partial charge in [0, 0.05) is 55.8 Å². The van der Waals surface area contributed by atoms with Gasteiger partial charge in [0.2, 0.25) is 0 Å². The molecule has 5 rings (SSSR count). The second kappa shape index (κ2) is 12.0. The molecule has 2 aromatic carbocycles. The fraction of sp³-hybridized carbons (Fsp3) is 0.367. The van der Waals surface area contributed by atoms with Crippen LogP contribution >= 0.6 is 0 Å². The van der Waals surface area contributed by atoms with Crippen LogP contribution in [0, 0.1) is 6.92 Å². The lowest BCUT2D eigenvalue weighted by molar-refractivity contribution is -0.137. The number of benzene rings is 2. The summed E-state index contributed by atoms with van der Waals surface area (Å²) in [6.45, 7) is 7.84. The molecule has 9 nitrogen and oxygen atoms in total. The number of urea groups is 1. The molecule has 0 bridgehead atoms. The fourth-order valence-corrected chi connectivity index (χ4v) is 5.17. The van der Waals surface area contributed by atoms with Crippen LogP contribution in [0.4, 0.5) is 40.8 Å². The number of hydrazine groups is 1. The molecule has 0 aliphatic carbocycles. The Bertz CT molecular complexity index is 1470. The van der Waals surface area contributed by atoms with Crippen LogP contribution in [0.15, 0.2) is 54.7 Å². The molecule has 0 spiro atoms. The summed E-state index contributed by atoms with van der Waals surface area (Å²) < 4.78 is 44.9. The van der Waals surface area contributed by atoms with Crippen LogP contribution in [0.1, 0.15) is 40.4 Å². The van der Waals surface area contributed by atoms with E-state index >= 15 is 0 Å². The fourth-order valence-electron chi connectivity index (χ4n) is 5.17. The van der Waals surface area contributed by atoms with E-state index in [0.29, 0.717) is 24.6 Å². The maximum Gasteiger partial charge on any atom is 0.416 e. The topological polar surface area (TPSA) is 81.2 Å². The van der Waals surface area contributed by atoms with E-state index in [1.807, 2.05) is 13.0 Å². The molecule has 1 aromatic heterocycles. The minimum atomic E-state index is -4.56. The molecule has 3 heterocycles. The quantitative estimate of drug-likeness (QED) is 0.385. The van der Waals surface area contributed by atoms with E-state index in [4.69, 9.17) is 9.72 Å². The zero-order valence-electron chi connectivity index (χ0n) is 23.7. The summed E-state index contributed by atoms with van der Waals surface area (Å²) in [6.07, 6.45) is -1.84. The summed E-state index contributed by atoms with van der Waals surface area (Å²) >= 11 is 0. The molecule has 42 heavy (non-hydrogen) atoms. The van der Waals surface area contributed by atoms with Crippen molar-refractivity contribution in [1.29, 1.82) is 0 Å². The number of rotatable bonds is 7. The number of anilines is 4. The van der Waals surface area contributed by atoms with Crippen LogP contribution in [-0.4, -0.2) is 61.8 Å². The molecule has 1 fully saturated rings. The Morgan fingerprint density at radius 3 is 2.57 bits per heavy atom. The number of nitrogens with one attached hydrogen (secondary N) is 1. The van der Waals surface area contributed by atoms with Gasteiger partial charge in [-0.15, -0.1) is 0 Å². The summed E-state index contributed by atoms with van der Waals surface area (Å²) in [5.74, 6) is 0.0815. The first-order chi connectivity index (χ1) is 20.1. The number of ether oxygens (including phenoxy) is 1. The SMILES string of the molecule is CCCN(c1cc2c(cn1)CN(c1cc(NC(=O)c3cccc(C(F)(F)F)c3)ccc1C)C(=O)N2C)N1CCOCC1. The Labute approximate surface area is 242 Å². The monoisotopic (exact) mass is 582 g/mol. The number of fused-ring (bicyclic) bond motifs is 1. The van der Waals surface area contributed by atoms with E-state index in [0.717, 1.165) is 60.8 Å². The molecule has 0 radical (unpaired) electrons. The van der Waals surface area contributed by atoms with E-state index in [1.54, 1.807) is 41.2 Å². The van der Waals surface area contributed by atoms with Crippen molar-refractivity contribution in [2.45, 2.75) is 33.0 Å². The maximum absolute atomic E-state index is 13.6. The van der Waals surface area contributed by atoms with Crippen LogP contribution < -0.4 is 20.1 Å². The van der Waals surface area contributed by atoms with Crippen molar-refractivity contribution >= 4 is 34.8 Å². The number of nitrogens with zero attached hydrogens (tertiary/aromatic N) is 5. The number of carbonyl (C=O) groups is 2. The van der Waals surface area contributed by atoms with Gasteiger partial charge in [-0.2, -0.15) is 13.2 Å². The van der Waals surface area contributed by atoms with Crippen LogP contribution in [0.2, 0.25) is 0 Å². The van der Waals surface area contributed by atoms with Crippen LogP contribution in [0.3, 0.4) is 0 Å². The average molecular weight is 583 g/mol. The number of morpholine rings is 1. The summed E-state index contributed by atoms with van der Waals surface area (Å²) in [5, 5.41) is 7.03. The molecule has 1 saturated heterocycles. The predicted molar refractivity (Wildman–Crippen MR) is 155 cm³/mol. The highest BCUT2D eigenvalue weighted by Gasteiger charge is 2.33. The highest BCUT2D eigenvalue weighted by molar-refractivity contribution is 6.08. The number of amides is 3. The smallest absolute Gasteiger partial charge is 0.379 e. The van der Waals surface area contributed by atoms with Gasteiger partial charge in [0.15, 0.2) is 0 Å². The van der Waals surface area contributed by atoms with Gasteiger partial charge in [-0.1, -0.05) is 19.1 Å². The maximum atomic E-state index is 13.6. The first kappa shape index (κ1) is 29.3. The molecule has 2 aliphatic rings. The third-order valence-electron chi connectivity index (χ3n) is 7.39. The van der Waals surface area contributed by atoms with Crippen LogP contribution in [0.5, 0.6) is 0 Å². The molecule has 3 amide bonds. The number of hydrogen-bond acceptors (Lipinski definition) is 6. The molecule has 3 aromatic rings. The number of halogens is 3. The lowest BCUT2D eigenvalue weighted by atomic mass is 10.1. The van der Waals surface area contributed by atoms with Crippen LogP contribution in [0.25, 0.3) is 0 Å². The predicted octanol–water partition coefficient (Wildman–Crippen LogP) is 5.70. The standard InChI is InChI=1S/C30H33F3N6O3/c1-4-10-39(37-11-13-42-14-12-37)27-17-26-22(18-34-27)19-38(29(41)36(26)3)25-16-24(9-8-20(25)2)35-28(40)21-6-5-7-23(15-21)30(31,32)33/h5-9,15-18H,4,10-14,19H2,1-3H3,(H,35,40). The van der Waals surface area contributed by atoms with Crippen molar-refractivity contribution < 1.29 is 27.5 Å². The molecule has 2 aliphatic heterocycles. The van der Waals surface area contributed by atoms with Gasteiger partial charge in [-0.3, -0.25) is 19.6 Å². The molecule has 1 N–H and O–H groups in total. The van der Waals surface area contributed by atoms with E-state index in [-0.39, 0.29) is 18.1 Å². The lowest BCUT2D eigenvalue weighted by Gasteiger charge is -2.39. The van der Waals surface area contributed by atoms with Gasteiger partial charge in [0.05, 0.1) is 36.7 Å². The van der Waals surface area contributed by atoms with Crippen molar-refractivity contribution in [3.63, 3.8) is 0 Å². The Balaban J connectivity index is 1.38. The summed E-state index contributed by atoms with van der Waals surface area (Å²) in [5.41, 5.74) is 2.33. The van der Waals surface area contributed by atoms with Gasteiger partial charge in [0.25, 0.3) is 5.91 Å². The van der Waals surface area contributed by atoms with E-state index in [2.05, 4.69) is 22.3 Å². The first-order valence-electron chi connectivity index (χ1n) is 13.8. The number of alkyl halides is 3. The summed E-state index contributed by atoms with van der Waals surface area (Å²) in [4.78, 5) is 34.4. The Morgan fingerprint density at radius 2 is 1.86 bits per heavy atom. The zero-order valence-corrected chi connectivity index (χ0v) is 23.7. The number of pyridine rings is 1. The number of aromatic nitrogens is 1. The van der Waals surface area contributed by atoms with Crippen molar-refractivity contribution in [1.82, 2.24) is 9.99 Å². The Kier molecular flexibility index (Phi) is 8.37. The molecule has 0 atom stereocenters. The van der Waals surface area contributed by atoms with Crippen molar-refractivity contribution in [3.05, 3.63) is 77.0 Å². The molecule has 222 valence electrons. The summed E-state index contributed by atoms with van der Waals surface area (Å²) in [7, 11) is 1.71. The van der Waals surface area contributed by atoms with Crippen molar-refractivity contribution in [3.8, 4) is 0 Å². The largest absolute Gasteiger partial charge is 0.416 e. The molecule has 0 saturated carbocycles. The minimum Gasteiger partial charge on any atom is -0.379 e. The van der Waals surface area contributed by atoms with Gasteiger partial charge in [-0.25, -0.2) is 14.8 Å². The zero-order chi connectivity index (χ0) is 30.0. The first-order valence-corrected chi connectivity index (χ1v) is 13.8. The van der Waals surface area contributed by atoms with Gasteiger partial charge in [-0.05, 0) is 49.2 Å². The van der Waals surface area contributed by atoms with E-state index in [9.17, 15) is 22.8 Å². The van der Waals surface area contributed by atoms with E-state index < -0.39 is 17.6 Å². The molecular weight excluding hydrogens is 549 g/mol. The molecule has 12 heteroatoms. The summed E-state index contributed by atoms with van der Waals surface area (Å²) in [6, 6.07) is 11.0. The number of aryl methyl sites for hydroxylation is 1.